The van der Waals surface area contributed by atoms with Gasteiger partial charge in [0.2, 0.25) is 5.95 Å². The van der Waals surface area contributed by atoms with Crippen LogP contribution in [0.5, 0.6) is 0 Å². The number of unbranched alkanes of at least 4 members (excludes halogenated alkanes) is 2. The first-order chi connectivity index (χ1) is 18.4. The summed E-state index contributed by atoms with van der Waals surface area (Å²) in [5.41, 5.74) is 1.37. The van der Waals surface area contributed by atoms with E-state index in [0.717, 1.165) is 50.4 Å². The molecule has 0 amide bonds. The summed E-state index contributed by atoms with van der Waals surface area (Å²) in [6.45, 7) is 3.62. The lowest BCUT2D eigenvalue weighted by Gasteiger charge is -2.32. The molecule has 2 N–H and O–H groups in total. The molecule has 5 rings (SSSR count). The molecular weight excluding hydrogens is 563 g/mol. The van der Waals surface area contributed by atoms with Crippen LogP contribution in [0.1, 0.15) is 61.0 Å². The molecule has 0 unspecified atom stereocenters. The average molecular weight is 594 g/mol. The number of hydrogen-bond donors (Lipinski definition) is 2. The third-order valence-corrected chi connectivity index (χ3v) is 6.93. The molecule has 0 bridgehead atoms. The molecule has 1 aliphatic heterocycles. The van der Waals surface area contributed by atoms with E-state index in [9.17, 15) is 9.18 Å². The minimum absolute atomic E-state index is 0. The van der Waals surface area contributed by atoms with Crippen LogP contribution in [0.2, 0.25) is 0 Å². The maximum absolute atomic E-state index is 15.1. The van der Waals surface area contributed by atoms with Gasteiger partial charge in [-0.3, -0.25) is 0 Å². The van der Waals surface area contributed by atoms with Gasteiger partial charge in [0.15, 0.2) is 5.82 Å². The highest BCUT2D eigenvalue weighted by molar-refractivity contribution is 5.91. The van der Waals surface area contributed by atoms with Gasteiger partial charge in [-0.2, -0.15) is 0 Å². The number of carbonyl (C=O) groups is 1. The van der Waals surface area contributed by atoms with Crippen molar-refractivity contribution in [3.8, 4) is 0 Å². The van der Waals surface area contributed by atoms with Crippen molar-refractivity contribution in [2.45, 2.75) is 51.5 Å². The van der Waals surface area contributed by atoms with Crippen LogP contribution in [0.25, 0.3) is 11.0 Å². The van der Waals surface area contributed by atoms with Crippen molar-refractivity contribution in [3.05, 3.63) is 65.9 Å². The topological polar surface area (TPSA) is 109 Å². The number of aryl methyl sites for hydroxylation is 1. The molecule has 3 aromatic heterocycles. The minimum atomic E-state index is -1.24. The van der Waals surface area contributed by atoms with Crippen LogP contribution in [-0.4, -0.2) is 48.7 Å². The summed E-state index contributed by atoms with van der Waals surface area (Å²) in [5, 5.41) is 12.0. The molecule has 9 nitrogen and oxygen atoms in total. The molecule has 214 valence electrons. The molecule has 1 saturated heterocycles. The Bertz CT molecular complexity index is 1450. The van der Waals surface area contributed by atoms with Crippen LogP contribution in [0, 0.1) is 11.6 Å². The van der Waals surface area contributed by atoms with E-state index in [1.165, 1.54) is 37.5 Å². The van der Waals surface area contributed by atoms with Crippen LogP contribution >= 0.6 is 24.8 Å². The van der Waals surface area contributed by atoms with E-state index in [1.54, 1.807) is 0 Å². The van der Waals surface area contributed by atoms with Crippen molar-refractivity contribution < 1.29 is 18.7 Å². The van der Waals surface area contributed by atoms with E-state index >= 15 is 4.39 Å². The molecule has 4 heterocycles. The second-order valence-corrected chi connectivity index (χ2v) is 9.50. The molecule has 0 aliphatic carbocycles. The van der Waals surface area contributed by atoms with Crippen LogP contribution in [-0.2, 0) is 6.42 Å². The van der Waals surface area contributed by atoms with Gasteiger partial charge < -0.3 is 19.9 Å². The Kier molecular flexibility index (Phi) is 10.6. The van der Waals surface area contributed by atoms with Gasteiger partial charge in [-0.05, 0) is 49.4 Å². The van der Waals surface area contributed by atoms with Gasteiger partial charge in [0.05, 0.1) is 16.6 Å². The van der Waals surface area contributed by atoms with E-state index in [-0.39, 0.29) is 53.3 Å². The third-order valence-electron chi connectivity index (χ3n) is 6.93. The third kappa shape index (κ3) is 6.59. The Morgan fingerprint density at radius 1 is 1.05 bits per heavy atom. The fourth-order valence-corrected chi connectivity index (χ4v) is 4.85. The largest absolute Gasteiger partial charge is 0.478 e. The number of carboxylic acid groups (broad SMARTS) is 1. The predicted molar refractivity (Wildman–Crippen MR) is 154 cm³/mol. The molecule has 1 aromatic carbocycles. The standard InChI is InChI=1S/C27H29F2N7O2.2ClH/c1-2-3-4-5-17-13-30-27(31-14-17)35-10-8-19(9-11-35)36-15-21(29)23-24(32-16-33-25(23)36)34-22-7-6-18(26(37)38)12-20(22)28;;/h6-7,12-16,19H,2-5,8-11H2,1H3,(H,37,38)(H,32,33,34);2*1H. The highest BCUT2D eigenvalue weighted by Crippen LogP contribution is 2.33. The second-order valence-electron chi connectivity index (χ2n) is 9.50. The van der Waals surface area contributed by atoms with Crippen molar-refractivity contribution in [3.63, 3.8) is 0 Å². The van der Waals surface area contributed by atoms with Crippen molar-refractivity contribution in [1.29, 1.82) is 0 Å². The number of anilines is 3. The number of aromatic carboxylic acids is 1. The quantitative estimate of drug-likeness (QED) is 0.216. The number of halogens is 4. The summed E-state index contributed by atoms with van der Waals surface area (Å²) in [6.07, 6.45) is 12.5. The molecule has 0 atom stereocenters. The lowest BCUT2D eigenvalue weighted by atomic mass is 10.1. The average Bonchev–Trinajstić information content (AvgIpc) is 3.27. The number of hydrogen-bond acceptors (Lipinski definition) is 7. The first-order valence-corrected chi connectivity index (χ1v) is 12.8. The maximum Gasteiger partial charge on any atom is 0.335 e. The number of aromatic nitrogens is 5. The number of rotatable bonds is 9. The molecule has 0 radical (unpaired) electrons. The second kappa shape index (κ2) is 13.7. The molecule has 0 spiro atoms. The monoisotopic (exact) mass is 593 g/mol. The molecule has 4 aromatic rings. The maximum atomic E-state index is 15.1. The van der Waals surface area contributed by atoms with E-state index < -0.39 is 17.6 Å². The fourth-order valence-electron chi connectivity index (χ4n) is 4.85. The number of nitrogens with one attached hydrogen (secondary N) is 1. The number of nitrogens with zero attached hydrogens (tertiary/aromatic N) is 6. The Labute approximate surface area is 242 Å². The van der Waals surface area contributed by atoms with E-state index in [2.05, 4.69) is 37.1 Å². The zero-order valence-electron chi connectivity index (χ0n) is 21.9. The molecule has 40 heavy (non-hydrogen) atoms. The Hall–Kier alpha value is -3.57. The van der Waals surface area contributed by atoms with E-state index in [1.807, 2.05) is 17.0 Å². The number of piperidine rings is 1. The van der Waals surface area contributed by atoms with Crippen LogP contribution in [0.15, 0.2) is 43.1 Å². The van der Waals surface area contributed by atoms with Gasteiger partial charge in [-0.15, -0.1) is 24.8 Å². The van der Waals surface area contributed by atoms with Crippen LogP contribution < -0.4 is 10.2 Å². The number of fused-ring (bicyclic) bond motifs is 1. The summed E-state index contributed by atoms with van der Waals surface area (Å²) in [4.78, 5) is 30.8. The van der Waals surface area contributed by atoms with Crippen LogP contribution in [0.3, 0.4) is 0 Å². The van der Waals surface area contributed by atoms with Gasteiger partial charge in [-0.25, -0.2) is 33.5 Å². The van der Waals surface area contributed by atoms with Gasteiger partial charge in [0.25, 0.3) is 0 Å². The van der Waals surface area contributed by atoms with Gasteiger partial charge in [0, 0.05) is 37.7 Å². The molecular formula is C27H31Cl2F2N7O2. The zero-order chi connectivity index (χ0) is 26.6. The Morgan fingerprint density at radius 3 is 2.42 bits per heavy atom. The summed E-state index contributed by atoms with van der Waals surface area (Å²) in [5.74, 6) is -1.72. The highest BCUT2D eigenvalue weighted by atomic mass is 35.5. The van der Waals surface area contributed by atoms with Gasteiger partial charge >= 0.3 is 5.97 Å². The number of benzene rings is 1. The first-order valence-electron chi connectivity index (χ1n) is 12.8. The van der Waals surface area contributed by atoms with Gasteiger partial charge in [0.1, 0.15) is 23.6 Å². The fraction of sp³-hybridized carbons (Fsp3) is 0.370. The molecule has 1 fully saturated rings. The predicted octanol–water partition coefficient (Wildman–Crippen LogP) is 6.36. The summed E-state index contributed by atoms with van der Waals surface area (Å²) in [6, 6.07) is 3.48. The highest BCUT2D eigenvalue weighted by Gasteiger charge is 2.26. The Balaban J connectivity index is 0.00000220. The molecule has 1 aliphatic rings. The van der Waals surface area contributed by atoms with Crippen LogP contribution in [0.4, 0.5) is 26.2 Å². The smallest absolute Gasteiger partial charge is 0.335 e. The van der Waals surface area contributed by atoms with E-state index in [0.29, 0.717) is 11.6 Å². The summed E-state index contributed by atoms with van der Waals surface area (Å²) in [7, 11) is 0. The lowest BCUT2D eigenvalue weighted by Crippen LogP contribution is -2.35. The Morgan fingerprint density at radius 2 is 1.77 bits per heavy atom. The van der Waals surface area contributed by atoms with E-state index in [4.69, 9.17) is 5.11 Å². The lowest BCUT2D eigenvalue weighted by molar-refractivity contribution is 0.0696. The normalized spacial score (nSPS) is 13.5. The van der Waals surface area contributed by atoms with Gasteiger partial charge in [-0.1, -0.05) is 19.8 Å². The minimum Gasteiger partial charge on any atom is -0.478 e. The number of carboxylic acids is 1. The zero-order valence-corrected chi connectivity index (χ0v) is 23.5. The SMILES string of the molecule is CCCCCc1cnc(N2CCC(n3cc(F)c4c(Nc5ccc(C(=O)O)cc5F)ncnc43)CC2)nc1.Cl.Cl. The van der Waals surface area contributed by atoms with Crippen molar-refractivity contribution in [2.24, 2.45) is 0 Å². The first kappa shape index (κ1) is 31.0. The molecule has 0 saturated carbocycles. The van der Waals surface area contributed by atoms with Crippen molar-refractivity contribution in [1.82, 2.24) is 24.5 Å². The van der Waals surface area contributed by atoms with Crippen molar-refractivity contribution in [2.75, 3.05) is 23.3 Å². The molecule has 13 heteroatoms. The summed E-state index contributed by atoms with van der Waals surface area (Å²) < 4.78 is 31.4. The van der Waals surface area contributed by atoms with Crippen molar-refractivity contribution >= 4 is 59.3 Å². The summed E-state index contributed by atoms with van der Waals surface area (Å²) >= 11 is 0.